The van der Waals surface area contributed by atoms with Crippen LogP contribution in [-0.4, -0.2) is 33.2 Å². The van der Waals surface area contributed by atoms with Gasteiger partial charge >= 0.3 is 0 Å². The van der Waals surface area contributed by atoms with E-state index in [1.165, 1.54) is 0 Å². The zero-order valence-electron chi connectivity index (χ0n) is 13.0. The molecule has 0 aliphatic carbocycles. The predicted octanol–water partition coefficient (Wildman–Crippen LogP) is 3.32. The van der Waals surface area contributed by atoms with E-state index < -0.39 is 0 Å². The van der Waals surface area contributed by atoms with Crippen LogP contribution in [0.3, 0.4) is 0 Å². The van der Waals surface area contributed by atoms with Gasteiger partial charge in [0.25, 0.3) is 0 Å². The Morgan fingerprint density at radius 1 is 1.04 bits per heavy atom. The fourth-order valence-electron chi connectivity index (χ4n) is 2.73. The van der Waals surface area contributed by atoms with E-state index in [1.54, 1.807) is 24.4 Å². The molecule has 24 heavy (non-hydrogen) atoms. The molecule has 4 aromatic rings. The van der Waals surface area contributed by atoms with E-state index in [0.717, 1.165) is 33.5 Å². The van der Waals surface area contributed by atoms with Crippen LogP contribution in [-0.2, 0) is 0 Å². The highest BCUT2D eigenvalue weighted by Gasteiger charge is 2.14. The second kappa shape index (κ2) is 6.00. The summed E-state index contributed by atoms with van der Waals surface area (Å²) < 4.78 is 7.04. The normalized spacial score (nSPS) is 11.4. The molecule has 0 aliphatic heterocycles. The van der Waals surface area contributed by atoms with Gasteiger partial charge in [-0.3, -0.25) is 0 Å². The quantitative estimate of drug-likeness (QED) is 0.587. The summed E-state index contributed by atoms with van der Waals surface area (Å²) in [6.07, 6.45) is 4.91. The molecule has 2 aromatic heterocycles. The number of benzene rings is 2. The lowest BCUT2D eigenvalue weighted by atomic mass is 10.1. The first kappa shape index (κ1) is 14.2. The average molecular weight is 317 g/mol. The van der Waals surface area contributed by atoms with Gasteiger partial charge in [-0.15, -0.1) is 10.2 Å². The summed E-state index contributed by atoms with van der Waals surface area (Å²) in [5.41, 5.74) is 4.01. The van der Waals surface area contributed by atoms with Gasteiger partial charge in [0.15, 0.2) is 0 Å². The van der Waals surface area contributed by atoms with E-state index in [4.69, 9.17) is 4.74 Å². The third-order valence-corrected chi connectivity index (χ3v) is 3.84. The Morgan fingerprint density at radius 2 is 1.83 bits per heavy atom. The molecule has 0 radical (unpaired) electrons. The third-order valence-electron chi connectivity index (χ3n) is 3.84. The molecule has 0 saturated carbocycles. The fourth-order valence-corrected chi connectivity index (χ4v) is 2.73. The number of rotatable bonds is 4. The number of aromatic nitrogens is 4. The van der Waals surface area contributed by atoms with Crippen molar-refractivity contribution in [1.29, 1.82) is 0 Å². The molecule has 1 N–H and O–H groups in total. The van der Waals surface area contributed by atoms with Gasteiger partial charge in [0.05, 0.1) is 24.5 Å². The number of H-pyrrole nitrogens is 1. The predicted molar refractivity (Wildman–Crippen MR) is 93.3 cm³/mol. The first-order valence-electron chi connectivity index (χ1n) is 7.50. The van der Waals surface area contributed by atoms with Crippen molar-refractivity contribution < 1.29 is 4.74 Å². The highest BCUT2D eigenvalue weighted by molar-refractivity contribution is 6.07. The Kier molecular flexibility index (Phi) is 3.55. The molecule has 0 amide bonds. The highest BCUT2D eigenvalue weighted by atomic mass is 16.5. The van der Waals surface area contributed by atoms with Gasteiger partial charge in [-0.1, -0.05) is 42.5 Å². The van der Waals surface area contributed by atoms with Gasteiger partial charge < -0.3 is 9.72 Å². The Morgan fingerprint density at radius 3 is 2.58 bits per heavy atom. The molecule has 118 valence electrons. The van der Waals surface area contributed by atoms with Crippen LogP contribution in [0.25, 0.3) is 22.2 Å². The molecule has 0 spiro atoms. The van der Waals surface area contributed by atoms with Gasteiger partial charge in [0, 0.05) is 10.9 Å². The summed E-state index contributed by atoms with van der Waals surface area (Å²) in [4.78, 5) is 3.47. The van der Waals surface area contributed by atoms with Crippen molar-refractivity contribution in [2.75, 3.05) is 7.11 Å². The van der Waals surface area contributed by atoms with Crippen molar-refractivity contribution in [3.05, 3.63) is 66.7 Å². The number of hydrogen-bond donors (Lipinski definition) is 1. The lowest BCUT2D eigenvalue weighted by Crippen LogP contribution is -1.89. The smallest absolute Gasteiger partial charge is 0.142 e. The lowest BCUT2D eigenvalue weighted by Gasteiger charge is -2.00. The van der Waals surface area contributed by atoms with Crippen LogP contribution < -0.4 is 4.74 Å². The monoisotopic (exact) mass is 317 g/mol. The number of nitrogens with zero attached hydrogens (tertiary/aromatic N) is 4. The lowest BCUT2D eigenvalue weighted by molar-refractivity contribution is 0.419. The van der Waals surface area contributed by atoms with Gasteiger partial charge in [-0.2, -0.15) is 5.10 Å². The summed E-state index contributed by atoms with van der Waals surface area (Å²) in [7, 11) is 1.67. The molecular formula is C18H15N5O. The SMILES string of the molecule is COc1cccc2c(/C=N\n3cnnc3)c(-c3ccccc3)[nH]c12. The van der Waals surface area contributed by atoms with E-state index in [1.807, 2.05) is 42.6 Å². The number of nitrogens with one attached hydrogen (secondary N) is 1. The average Bonchev–Trinajstić information content (AvgIpc) is 3.28. The van der Waals surface area contributed by atoms with Gasteiger partial charge in [-0.25, -0.2) is 4.68 Å². The molecule has 2 aromatic carbocycles. The largest absolute Gasteiger partial charge is 0.495 e. The zero-order valence-corrected chi connectivity index (χ0v) is 13.0. The second-order valence-electron chi connectivity index (χ2n) is 5.25. The van der Waals surface area contributed by atoms with Crippen LogP contribution in [0.15, 0.2) is 66.3 Å². The molecule has 6 nitrogen and oxygen atoms in total. The van der Waals surface area contributed by atoms with Gasteiger partial charge in [0.2, 0.25) is 0 Å². The number of hydrogen-bond acceptors (Lipinski definition) is 4. The molecule has 0 atom stereocenters. The summed E-state index contributed by atoms with van der Waals surface area (Å²) in [6.45, 7) is 0. The second-order valence-corrected chi connectivity index (χ2v) is 5.25. The summed E-state index contributed by atoms with van der Waals surface area (Å²) in [5.74, 6) is 0.800. The van der Waals surface area contributed by atoms with Crippen LogP contribution >= 0.6 is 0 Å². The molecule has 0 saturated heterocycles. The van der Waals surface area contributed by atoms with Crippen molar-refractivity contribution in [1.82, 2.24) is 19.9 Å². The molecular weight excluding hydrogens is 302 g/mol. The standard InChI is InChI=1S/C18H15N5O/c1-24-16-9-5-8-14-15(10-21-23-11-19-20-12-23)17(22-18(14)16)13-6-3-2-4-7-13/h2-12,22H,1H3/b21-10-. The maximum Gasteiger partial charge on any atom is 0.142 e. The molecule has 2 heterocycles. The molecule has 6 heteroatoms. The van der Waals surface area contributed by atoms with Gasteiger partial charge in [-0.05, 0) is 11.6 Å². The third kappa shape index (κ3) is 2.44. The molecule has 0 bridgehead atoms. The van der Waals surface area contributed by atoms with Crippen LogP contribution in [0.2, 0.25) is 0 Å². The van der Waals surface area contributed by atoms with E-state index in [9.17, 15) is 0 Å². The highest BCUT2D eigenvalue weighted by Crippen LogP contribution is 2.33. The van der Waals surface area contributed by atoms with Crippen molar-refractivity contribution in [3.8, 4) is 17.0 Å². The number of para-hydroxylation sites is 1. The Labute approximate surface area is 138 Å². The first-order valence-corrected chi connectivity index (χ1v) is 7.50. The van der Waals surface area contributed by atoms with E-state index in [0.29, 0.717) is 0 Å². The maximum atomic E-state index is 5.48. The number of fused-ring (bicyclic) bond motifs is 1. The number of ether oxygens (including phenoxy) is 1. The minimum atomic E-state index is 0.800. The molecule has 0 aliphatic rings. The minimum Gasteiger partial charge on any atom is -0.495 e. The number of methoxy groups -OCH3 is 1. The maximum absolute atomic E-state index is 5.48. The molecule has 0 fully saturated rings. The Hall–Kier alpha value is -3.41. The van der Waals surface area contributed by atoms with Crippen LogP contribution in [0.5, 0.6) is 5.75 Å². The van der Waals surface area contributed by atoms with Crippen molar-refractivity contribution >= 4 is 17.1 Å². The topological polar surface area (TPSA) is 68.1 Å². The Bertz CT molecular complexity index is 987. The van der Waals surface area contributed by atoms with E-state index in [2.05, 4.69) is 32.4 Å². The van der Waals surface area contributed by atoms with E-state index in [-0.39, 0.29) is 0 Å². The van der Waals surface area contributed by atoms with Gasteiger partial charge in [0.1, 0.15) is 18.4 Å². The van der Waals surface area contributed by atoms with Crippen molar-refractivity contribution in [3.63, 3.8) is 0 Å². The summed E-state index contributed by atoms with van der Waals surface area (Å²) >= 11 is 0. The molecule has 0 unspecified atom stereocenters. The van der Waals surface area contributed by atoms with Crippen molar-refractivity contribution in [2.45, 2.75) is 0 Å². The van der Waals surface area contributed by atoms with Crippen LogP contribution in [0.4, 0.5) is 0 Å². The molecule has 4 rings (SSSR count). The number of aromatic amines is 1. The zero-order chi connectivity index (χ0) is 16.4. The van der Waals surface area contributed by atoms with E-state index >= 15 is 0 Å². The summed E-state index contributed by atoms with van der Waals surface area (Å²) in [5, 5.41) is 13.0. The fraction of sp³-hybridized carbons (Fsp3) is 0.0556. The first-order chi connectivity index (χ1) is 11.9. The minimum absolute atomic E-state index is 0.800. The van der Waals surface area contributed by atoms with Crippen LogP contribution in [0, 0.1) is 0 Å². The Balaban J connectivity index is 1.94. The van der Waals surface area contributed by atoms with Crippen LogP contribution in [0.1, 0.15) is 5.56 Å². The summed E-state index contributed by atoms with van der Waals surface area (Å²) in [6, 6.07) is 16.1. The van der Waals surface area contributed by atoms with Crippen molar-refractivity contribution in [2.24, 2.45) is 5.10 Å².